The average molecular weight is 268 g/mol. The van der Waals surface area contributed by atoms with Crippen molar-refractivity contribution >= 4 is 11.9 Å². The van der Waals surface area contributed by atoms with Crippen LogP contribution in [0, 0.1) is 0 Å². The summed E-state index contributed by atoms with van der Waals surface area (Å²) >= 11 is 0. The van der Waals surface area contributed by atoms with Gasteiger partial charge in [0.05, 0.1) is 13.2 Å². The first-order valence-corrected chi connectivity index (χ1v) is 4.03. The maximum absolute atomic E-state index is 11.5. The van der Waals surface area contributed by atoms with E-state index < -0.39 is 43.9 Å². The second-order valence-electron chi connectivity index (χ2n) is 2.62. The van der Waals surface area contributed by atoms with Crippen molar-refractivity contribution in [2.75, 3.05) is 13.2 Å². The molecule has 0 aliphatic rings. The minimum absolute atomic E-state index is 0.469. The number of alkyl halides is 6. The van der Waals surface area contributed by atoms with Crippen LogP contribution in [0.5, 0.6) is 0 Å². The second-order valence-corrected chi connectivity index (χ2v) is 2.62. The van der Waals surface area contributed by atoms with Crippen molar-refractivity contribution in [3.05, 3.63) is 0 Å². The van der Waals surface area contributed by atoms with Crippen molar-refractivity contribution in [1.29, 1.82) is 0 Å². The molecule has 0 fully saturated rings. The molecule has 0 radical (unpaired) electrons. The minimum atomic E-state index is -5.16. The van der Waals surface area contributed by atoms with Gasteiger partial charge in [-0.15, -0.1) is 0 Å². The van der Waals surface area contributed by atoms with Gasteiger partial charge in [0.25, 0.3) is 0 Å². The normalized spacial score (nSPS) is 12.1. The van der Waals surface area contributed by atoms with Crippen LogP contribution in [0.25, 0.3) is 0 Å². The summed E-state index contributed by atoms with van der Waals surface area (Å²) in [4.78, 5) is 20.2. The molecule has 17 heavy (non-hydrogen) atoms. The molecule has 100 valence electrons. The topological polar surface area (TPSA) is 52.6 Å². The molecule has 0 aromatic rings. The first kappa shape index (κ1) is 15.5. The van der Waals surface area contributed by atoms with E-state index in [1.165, 1.54) is 0 Å². The molecule has 0 bridgehead atoms. The molecule has 0 aliphatic heterocycles. The lowest BCUT2D eigenvalue weighted by molar-refractivity contribution is -0.203. The van der Waals surface area contributed by atoms with E-state index in [2.05, 4.69) is 9.47 Å². The molecule has 0 saturated carbocycles. The average Bonchev–Trinajstić information content (AvgIpc) is 2.13. The van der Waals surface area contributed by atoms with E-state index in [9.17, 15) is 35.9 Å². The zero-order valence-electron chi connectivity index (χ0n) is 8.02. The zero-order valence-corrected chi connectivity index (χ0v) is 8.02. The smallest absolute Gasteiger partial charge is 0.459 e. The van der Waals surface area contributed by atoms with Crippen molar-refractivity contribution in [3.63, 3.8) is 0 Å². The highest BCUT2D eigenvalue weighted by molar-refractivity contribution is 5.76. The van der Waals surface area contributed by atoms with Gasteiger partial charge in [0, 0.05) is 6.42 Å². The highest BCUT2D eigenvalue weighted by atomic mass is 19.4. The molecule has 0 rings (SSSR count). The van der Waals surface area contributed by atoms with E-state index in [4.69, 9.17) is 0 Å². The van der Waals surface area contributed by atoms with Crippen LogP contribution >= 0.6 is 0 Å². The maximum Gasteiger partial charge on any atom is 0.490 e. The predicted octanol–water partition coefficient (Wildman–Crippen LogP) is 1.59. The molecule has 0 aromatic carbocycles. The Kier molecular flexibility index (Phi) is 5.23. The van der Waals surface area contributed by atoms with Gasteiger partial charge in [-0.1, -0.05) is 0 Å². The summed E-state index contributed by atoms with van der Waals surface area (Å²) in [5, 5.41) is 0. The lowest BCUT2D eigenvalue weighted by atomic mass is 10.5. The fraction of sp³-hybridized carbons (Fsp3) is 0.714. The number of hydrogen-bond acceptors (Lipinski definition) is 4. The van der Waals surface area contributed by atoms with E-state index in [1.807, 2.05) is 0 Å². The zero-order chi connectivity index (χ0) is 13.7. The van der Waals surface area contributed by atoms with Gasteiger partial charge in [0.15, 0.2) is 0 Å². The van der Waals surface area contributed by atoms with E-state index in [0.29, 0.717) is 0 Å². The number of esters is 2. The third-order valence-corrected chi connectivity index (χ3v) is 1.22. The minimum Gasteiger partial charge on any atom is -0.459 e. The van der Waals surface area contributed by atoms with E-state index in [-0.39, 0.29) is 0 Å². The van der Waals surface area contributed by atoms with Crippen molar-refractivity contribution in [3.8, 4) is 0 Å². The Bertz CT molecular complexity index is 253. The third kappa shape index (κ3) is 6.64. The van der Waals surface area contributed by atoms with Crippen molar-refractivity contribution in [1.82, 2.24) is 0 Å². The first-order valence-electron chi connectivity index (χ1n) is 4.03. The summed E-state index contributed by atoms with van der Waals surface area (Å²) in [6, 6.07) is 0. The highest BCUT2D eigenvalue weighted by Crippen LogP contribution is 2.17. The number of ether oxygens (including phenoxy) is 2. The monoisotopic (exact) mass is 268 g/mol. The first-order chi connectivity index (χ1) is 7.55. The van der Waals surface area contributed by atoms with Gasteiger partial charge >= 0.3 is 24.3 Å². The van der Waals surface area contributed by atoms with Gasteiger partial charge in [0.1, 0.15) is 0 Å². The number of rotatable bonds is 4. The van der Waals surface area contributed by atoms with Crippen LogP contribution in [0.2, 0.25) is 0 Å². The van der Waals surface area contributed by atoms with Crippen molar-refractivity contribution < 1.29 is 45.4 Å². The number of carbonyl (C=O) groups excluding carboxylic acids is 2. The van der Waals surface area contributed by atoms with Gasteiger partial charge in [-0.2, -0.15) is 26.3 Å². The molecule has 0 saturated heterocycles. The van der Waals surface area contributed by atoms with Crippen LogP contribution in [0.4, 0.5) is 26.3 Å². The highest BCUT2D eigenvalue weighted by Gasteiger charge is 2.41. The number of halogens is 6. The van der Waals surface area contributed by atoms with Crippen LogP contribution < -0.4 is 0 Å². The van der Waals surface area contributed by atoms with E-state index >= 15 is 0 Å². The molecule has 0 atom stereocenters. The van der Waals surface area contributed by atoms with E-state index in [0.717, 1.165) is 0 Å². The Labute approximate surface area is 90.5 Å². The standard InChI is InChI=1S/C7H6F6O4/c8-6(9,10)4(14)16-2-1-3-17-5(15)7(11,12)13/h1-3H2. The third-order valence-electron chi connectivity index (χ3n) is 1.22. The van der Waals surface area contributed by atoms with Crippen LogP contribution in [0.3, 0.4) is 0 Å². The molecular formula is C7H6F6O4. The molecular weight excluding hydrogens is 262 g/mol. The van der Waals surface area contributed by atoms with Gasteiger partial charge in [0.2, 0.25) is 0 Å². The Balaban J connectivity index is 3.68. The van der Waals surface area contributed by atoms with Gasteiger partial charge in [-0.3, -0.25) is 0 Å². The summed E-state index contributed by atoms with van der Waals surface area (Å²) in [5.74, 6) is -4.92. The number of carbonyl (C=O) groups is 2. The predicted molar refractivity (Wildman–Crippen MR) is 38.6 cm³/mol. The Hall–Kier alpha value is -1.48. The fourth-order valence-electron chi connectivity index (χ4n) is 0.552. The molecule has 4 nitrogen and oxygen atoms in total. The van der Waals surface area contributed by atoms with Crippen LogP contribution in [0.15, 0.2) is 0 Å². The van der Waals surface area contributed by atoms with Crippen LogP contribution in [-0.4, -0.2) is 37.5 Å². The number of hydrogen-bond donors (Lipinski definition) is 0. The maximum atomic E-state index is 11.5. The molecule has 0 heterocycles. The summed E-state index contributed by atoms with van der Waals surface area (Å²) in [7, 11) is 0. The Morgan fingerprint density at radius 2 is 1.06 bits per heavy atom. The fourth-order valence-corrected chi connectivity index (χ4v) is 0.552. The van der Waals surface area contributed by atoms with Gasteiger partial charge in [-0.05, 0) is 0 Å². The van der Waals surface area contributed by atoms with Gasteiger partial charge < -0.3 is 9.47 Å². The summed E-state index contributed by atoms with van der Waals surface area (Å²) in [5.41, 5.74) is 0. The van der Waals surface area contributed by atoms with E-state index in [1.54, 1.807) is 0 Å². The summed E-state index contributed by atoms with van der Waals surface area (Å²) in [6.07, 6.45) is -10.8. The van der Waals surface area contributed by atoms with Gasteiger partial charge in [-0.25, -0.2) is 9.59 Å². The summed E-state index contributed by atoms with van der Waals surface area (Å²) in [6.45, 7) is -1.60. The van der Waals surface area contributed by atoms with Crippen LogP contribution in [-0.2, 0) is 19.1 Å². The molecule has 10 heteroatoms. The molecule has 0 amide bonds. The lowest BCUT2D eigenvalue weighted by Crippen LogP contribution is -2.27. The second kappa shape index (κ2) is 5.73. The largest absolute Gasteiger partial charge is 0.490 e. The molecule has 0 aromatic heterocycles. The van der Waals surface area contributed by atoms with Crippen molar-refractivity contribution in [2.45, 2.75) is 18.8 Å². The SMILES string of the molecule is O=C(OCCCOC(=O)C(F)(F)F)C(F)(F)F. The molecule has 0 aliphatic carbocycles. The van der Waals surface area contributed by atoms with Crippen LogP contribution in [0.1, 0.15) is 6.42 Å². The van der Waals surface area contributed by atoms with Crippen molar-refractivity contribution in [2.24, 2.45) is 0 Å². The quantitative estimate of drug-likeness (QED) is 0.441. The molecule has 0 spiro atoms. The molecule has 0 unspecified atom stereocenters. The Morgan fingerprint density at radius 3 is 1.29 bits per heavy atom. The lowest BCUT2D eigenvalue weighted by Gasteiger charge is -2.08. The molecule has 0 N–H and O–H groups in total. The Morgan fingerprint density at radius 1 is 0.765 bits per heavy atom. The summed E-state index contributed by atoms with van der Waals surface area (Å²) < 4.78 is 76.5.